The summed E-state index contributed by atoms with van der Waals surface area (Å²) < 4.78 is 7.34. The Balaban J connectivity index is 2.09. The number of halogens is 1. The number of ether oxygens (including phenoxy) is 1. The quantitative estimate of drug-likeness (QED) is 0.720. The van der Waals surface area contributed by atoms with Crippen molar-refractivity contribution in [1.82, 2.24) is 14.6 Å². The minimum atomic E-state index is 0.404. The van der Waals surface area contributed by atoms with E-state index in [1.165, 1.54) is 0 Å². The monoisotopic (exact) mass is 260 g/mol. The number of para-hydroxylation sites is 1. The first-order valence-corrected chi connectivity index (χ1v) is 5.64. The van der Waals surface area contributed by atoms with Crippen molar-refractivity contribution in [3.8, 4) is 11.6 Å². The molecule has 0 aliphatic rings. The smallest absolute Gasteiger partial charge is 0.245 e. The molecule has 0 aliphatic heterocycles. The summed E-state index contributed by atoms with van der Waals surface area (Å²) in [6, 6.07) is 6.99. The molecule has 90 valence electrons. The van der Waals surface area contributed by atoms with E-state index >= 15 is 0 Å². The summed E-state index contributed by atoms with van der Waals surface area (Å²) in [7, 11) is 0. The number of benzene rings is 1. The van der Waals surface area contributed by atoms with Gasteiger partial charge in [-0.1, -0.05) is 17.7 Å². The van der Waals surface area contributed by atoms with Gasteiger partial charge in [-0.15, -0.1) is 0 Å². The molecule has 0 bridgehead atoms. The highest BCUT2D eigenvalue weighted by molar-refractivity contribution is 6.32. The summed E-state index contributed by atoms with van der Waals surface area (Å²) >= 11 is 6.05. The van der Waals surface area contributed by atoms with E-state index in [1.807, 2.05) is 0 Å². The third kappa shape index (κ3) is 1.74. The number of hydrogen-bond donors (Lipinski definition) is 1. The molecule has 0 aliphatic carbocycles. The summed E-state index contributed by atoms with van der Waals surface area (Å²) in [5.74, 6) is 0.816. The first-order chi connectivity index (χ1) is 8.75. The Labute approximate surface area is 108 Å². The fourth-order valence-electron chi connectivity index (χ4n) is 1.64. The van der Waals surface area contributed by atoms with E-state index in [2.05, 4.69) is 10.1 Å². The van der Waals surface area contributed by atoms with Gasteiger partial charge in [0.05, 0.1) is 16.9 Å². The summed E-state index contributed by atoms with van der Waals surface area (Å²) in [5, 5.41) is 4.54. The zero-order valence-electron chi connectivity index (χ0n) is 9.25. The number of anilines is 1. The van der Waals surface area contributed by atoms with Crippen LogP contribution in [0.3, 0.4) is 0 Å². The Hall–Kier alpha value is -2.27. The van der Waals surface area contributed by atoms with Crippen molar-refractivity contribution < 1.29 is 4.74 Å². The number of nitrogen functional groups attached to an aromatic ring is 1. The van der Waals surface area contributed by atoms with Crippen LogP contribution in [0.15, 0.2) is 42.9 Å². The number of fused-ring (bicyclic) bond motifs is 1. The van der Waals surface area contributed by atoms with Crippen molar-refractivity contribution in [2.75, 3.05) is 5.73 Å². The molecular formula is C12H9ClN4O. The Morgan fingerprint density at radius 1 is 1.22 bits per heavy atom. The van der Waals surface area contributed by atoms with Crippen molar-refractivity contribution in [2.24, 2.45) is 0 Å². The fourth-order valence-corrected chi connectivity index (χ4v) is 1.86. The van der Waals surface area contributed by atoms with Gasteiger partial charge in [-0.05, 0) is 18.2 Å². The predicted octanol–water partition coefficient (Wildman–Crippen LogP) is 2.76. The lowest BCUT2D eigenvalue weighted by Gasteiger charge is -2.09. The van der Waals surface area contributed by atoms with Gasteiger partial charge in [0.1, 0.15) is 5.52 Å². The number of nitrogens with two attached hydrogens (primary N) is 1. The van der Waals surface area contributed by atoms with E-state index in [9.17, 15) is 0 Å². The van der Waals surface area contributed by atoms with Gasteiger partial charge in [-0.2, -0.15) is 5.10 Å². The van der Waals surface area contributed by atoms with Gasteiger partial charge in [0.2, 0.25) is 5.88 Å². The molecular weight excluding hydrogens is 252 g/mol. The lowest BCUT2D eigenvalue weighted by atomic mass is 10.3. The largest absolute Gasteiger partial charge is 0.433 e. The molecule has 6 heteroatoms. The minimum Gasteiger partial charge on any atom is -0.433 e. The molecule has 0 atom stereocenters. The van der Waals surface area contributed by atoms with Gasteiger partial charge in [0.15, 0.2) is 5.75 Å². The third-order valence-corrected chi connectivity index (χ3v) is 2.78. The van der Waals surface area contributed by atoms with Gasteiger partial charge >= 0.3 is 0 Å². The maximum atomic E-state index is 6.05. The van der Waals surface area contributed by atoms with Crippen molar-refractivity contribution in [3.63, 3.8) is 0 Å². The van der Waals surface area contributed by atoms with Gasteiger partial charge in [-0.25, -0.2) is 9.50 Å². The SMILES string of the molecule is Nc1cccc(Cl)c1Oc1nccn2nccc12. The highest BCUT2D eigenvalue weighted by Crippen LogP contribution is 2.34. The molecule has 2 N–H and O–H groups in total. The molecule has 0 saturated heterocycles. The zero-order valence-corrected chi connectivity index (χ0v) is 10.0. The Bertz CT molecular complexity index is 690. The van der Waals surface area contributed by atoms with Gasteiger partial charge in [0.25, 0.3) is 0 Å². The maximum absolute atomic E-state index is 6.05. The molecule has 0 unspecified atom stereocenters. The highest BCUT2D eigenvalue weighted by atomic mass is 35.5. The fraction of sp³-hybridized carbons (Fsp3) is 0. The normalized spacial score (nSPS) is 10.7. The average molecular weight is 261 g/mol. The van der Waals surface area contributed by atoms with E-state index in [4.69, 9.17) is 22.1 Å². The van der Waals surface area contributed by atoms with E-state index in [0.29, 0.717) is 22.3 Å². The maximum Gasteiger partial charge on any atom is 0.245 e. The summed E-state index contributed by atoms with van der Waals surface area (Å²) in [4.78, 5) is 4.16. The van der Waals surface area contributed by atoms with Crippen LogP contribution in [-0.4, -0.2) is 14.6 Å². The van der Waals surface area contributed by atoms with Crippen LogP contribution < -0.4 is 10.5 Å². The molecule has 0 saturated carbocycles. The second-order valence-electron chi connectivity index (χ2n) is 3.65. The van der Waals surface area contributed by atoms with Crippen LogP contribution in [0.25, 0.3) is 5.52 Å². The van der Waals surface area contributed by atoms with Crippen molar-refractivity contribution in [1.29, 1.82) is 0 Å². The van der Waals surface area contributed by atoms with Gasteiger partial charge < -0.3 is 10.5 Å². The summed E-state index contributed by atoms with van der Waals surface area (Å²) in [5.41, 5.74) is 7.04. The molecule has 0 radical (unpaired) electrons. The summed E-state index contributed by atoms with van der Waals surface area (Å²) in [6.45, 7) is 0. The molecule has 2 heterocycles. The van der Waals surface area contributed by atoms with Crippen LogP contribution in [0, 0.1) is 0 Å². The lowest BCUT2D eigenvalue weighted by Crippen LogP contribution is -1.97. The van der Waals surface area contributed by atoms with Crippen molar-refractivity contribution in [2.45, 2.75) is 0 Å². The molecule has 18 heavy (non-hydrogen) atoms. The Morgan fingerprint density at radius 2 is 2.11 bits per heavy atom. The topological polar surface area (TPSA) is 65.4 Å². The standard InChI is InChI=1S/C12H9ClN4O/c13-8-2-1-3-9(14)11(8)18-12-10-4-5-16-17(10)7-6-15-12/h1-7H,14H2. The molecule has 5 nitrogen and oxygen atoms in total. The van der Waals surface area contributed by atoms with Gasteiger partial charge in [0, 0.05) is 12.4 Å². The minimum absolute atomic E-state index is 0.404. The van der Waals surface area contributed by atoms with Crippen molar-refractivity contribution in [3.05, 3.63) is 47.9 Å². The second-order valence-corrected chi connectivity index (χ2v) is 4.06. The first-order valence-electron chi connectivity index (χ1n) is 5.26. The molecule has 1 aromatic carbocycles. The second kappa shape index (κ2) is 4.19. The highest BCUT2D eigenvalue weighted by Gasteiger charge is 2.11. The van der Waals surface area contributed by atoms with Crippen LogP contribution >= 0.6 is 11.6 Å². The Kier molecular flexibility index (Phi) is 2.53. The third-order valence-electron chi connectivity index (χ3n) is 2.49. The van der Waals surface area contributed by atoms with Crippen LogP contribution in [0.2, 0.25) is 5.02 Å². The van der Waals surface area contributed by atoms with Crippen LogP contribution in [-0.2, 0) is 0 Å². The van der Waals surface area contributed by atoms with Crippen LogP contribution in [0.1, 0.15) is 0 Å². The molecule has 3 rings (SSSR count). The zero-order chi connectivity index (χ0) is 12.5. The van der Waals surface area contributed by atoms with E-state index in [0.717, 1.165) is 5.52 Å². The molecule has 2 aromatic heterocycles. The van der Waals surface area contributed by atoms with Crippen LogP contribution in [0.5, 0.6) is 11.6 Å². The number of aromatic nitrogens is 3. The Morgan fingerprint density at radius 3 is 2.94 bits per heavy atom. The molecule has 0 spiro atoms. The predicted molar refractivity (Wildman–Crippen MR) is 68.9 cm³/mol. The lowest BCUT2D eigenvalue weighted by molar-refractivity contribution is 0.468. The van der Waals surface area contributed by atoms with E-state index in [1.54, 1.807) is 47.4 Å². The van der Waals surface area contributed by atoms with Gasteiger partial charge in [-0.3, -0.25) is 0 Å². The molecule has 3 aromatic rings. The molecule has 0 fully saturated rings. The van der Waals surface area contributed by atoms with Crippen LogP contribution in [0.4, 0.5) is 5.69 Å². The van der Waals surface area contributed by atoms with E-state index < -0.39 is 0 Å². The summed E-state index contributed by atoms with van der Waals surface area (Å²) in [6.07, 6.45) is 5.00. The van der Waals surface area contributed by atoms with E-state index in [-0.39, 0.29) is 0 Å². The number of hydrogen-bond acceptors (Lipinski definition) is 4. The average Bonchev–Trinajstić information content (AvgIpc) is 2.83. The number of nitrogens with zero attached hydrogens (tertiary/aromatic N) is 3. The molecule has 0 amide bonds. The van der Waals surface area contributed by atoms with Crippen molar-refractivity contribution >= 4 is 22.8 Å². The number of rotatable bonds is 2. The first kappa shape index (κ1) is 10.9.